The molecule has 2 aromatic heterocycles. The van der Waals surface area contributed by atoms with Gasteiger partial charge in [-0.05, 0) is 26.3 Å². The zero-order chi connectivity index (χ0) is 11.2. The first kappa shape index (κ1) is 10.2. The highest BCUT2D eigenvalue weighted by Gasteiger charge is 2.34. The minimum atomic E-state index is 0.0381. The van der Waals surface area contributed by atoms with Gasteiger partial charge in [-0.15, -0.1) is 10.2 Å². The third-order valence-electron chi connectivity index (χ3n) is 3.21. The SMILES string of the molecule is CCc1nnc2sc(C3(C)CCCN3)nn12. The van der Waals surface area contributed by atoms with Crippen molar-refractivity contribution in [3.8, 4) is 0 Å². The van der Waals surface area contributed by atoms with E-state index >= 15 is 0 Å². The first-order chi connectivity index (χ1) is 7.73. The van der Waals surface area contributed by atoms with Crippen molar-refractivity contribution in [2.24, 2.45) is 0 Å². The molecule has 0 aliphatic carbocycles. The van der Waals surface area contributed by atoms with Crippen molar-refractivity contribution in [1.29, 1.82) is 0 Å². The van der Waals surface area contributed by atoms with E-state index in [1.165, 1.54) is 6.42 Å². The molecule has 1 aliphatic heterocycles. The number of hydrogen-bond acceptors (Lipinski definition) is 5. The molecule has 1 N–H and O–H groups in total. The normalized spacial score (nSPS) is 25.6. The summed E-state index contributed by atoms with van der Waals surface area (Å²) in [5, 5.41) is 17.6. The highest BCUT2D eigenvalue weighted by atomic mass is 32.1. The van der Waals surface area contributed by atoms with Crippen molar-refractivity contribution in [3.05, 3.63) is 10.8 Å². The van der Waals surface area contributed by atoms with Gasteiger partial charge < -0.3 is 5.32 Å². The summed E-state index contributed by atoms with van der Waals surface area (Å²) < 4.78 is 1.88. The molecule has 1 saturated heterocycles. The Balaban J connectivity index is 2.08. The summed E-state index contributed by atoms with van der Waals surface area (Å²) >= 11 is 1.65. The lowest BCUT2D eigenvalue weighted by atomic mass is 10.0. The quantitative estimate of drug-likeness (QED) is 0.856. The van der Waals surface area contributed by atoms with E-state index < -0.39 is 0 Å². The van der Waals surface area contributed by atoms with Gasteiger partial charge in [0.1, 0.15) is 5.01 Å². The van der Waals surface area contributed by atoms with Gasteiger partial charge in [0.15, 0.2) is 5.82 Å². The van der Waals surface area contributed by atoms with Gasteiger partial charge >= 0.3 is 0 Å². The van der Waals surface area contributed by atoms with Crippen LogP contribution in [0.15, 0.2) is 0 Å². The number of nitrogens with zero attached hydrogens (tertiary/aromatic N) is 4. The largest absolute Gasteiger partial charge is 0.306 e. The lowest BCUT2D eigenvalue weighted by Crippen LogP contribution is -2.33. The standard InChI is InChI=1S/C10H15N5S/c1-3-7-12-13-9-15(7)14-8(16-9)10(2)5-4-6-11-10/h11H,3-6H2,1-2H3. The van der Waals surface area contributed by atoms with Gasteiger partial charge in [0.05, 0.1) is 5.54 Å². The number of hydrogen-bond donors (Lipinski definition) is 1. The van der Waals surface area contributed by atoms with E-state index in [1.54, 1.807) is 11.3 Å². The number of aryl methyl sites for hydroxylation is 1. The molecule has 2 aromatic rings. The smallest absolute Gasteiger partial charge is 0.234 e. The lowest BCUT2D eigenvalue weighted by Gasteiger charge is -2.20. The molecule has 3 heterocycles. The number of fused-ring (bicyclic) bond motifs is 1. The Hall–Kier alpha value is -1.01. The molecule has 0 radical (unpaired) electrons. The van der Waals surface area contributed by atoms with E-state index in [9.17, 15) is 0 Å². The van der Waals surface area contributed by atoms with Crippen LogP contribution in [0.3, 0.4) is 0 Å². The average Bonchev–Trinajstić information content (AvgIpc) is 2.91. The van der Waals surface area contributed by atoms with Crippen LogP contribution >= 0.6 is 11.3 Å². The molecule has 0 aromatic carbocycles. The zero-order valence-electron chi connectivity index (χ0n) is 9.53. The maximum Gasteiger partial charge on any atom is 0.234 e. The second-order valence-corrected chi connectivity index (χ2v) is 5.39. The Morgan fingerprint density at radius 2 is 2.38 bits per heavy atom. The third kappa shape index (κ3) is 1.36. The molecule has 0 saturated carbocycles. The molecular formula is C10H15N5S. The van der Waals surface area contributed by atoms with Crippen molar-refractivity contribution in [2.45, 2.75) is 38.6 Å². The molecule has 86 valence electrons. The van der Waals surface area contributed by atoms with Crippen LogP contribution < -0.4 is 5.32 Å². The Morgan fingerprint density at radius 1 is 1.50 bits per heavy atom. The Kier molecular flexibility index (Phi) is 2.22. The van der Waals surface area contributed by atoms with Gasteiger partial charge in [-0.1, -0.05) is 18.3 Å². The molecule has 6 heteroatoms. The van der Waals surface area contributed by atoms with Crippen LogP contribution in [0.5, 0.6) is 0 Å². The Labute approximate surface area is 97.9 Å². The van der Waals surface area contributed by atoms with E-state index in [2.05, 4.69) is 34.5 Å². The second-order valence-electron chi connectivity index (χ2n) is 4.43. The number of aromatic nitrogens is 4. The van der Waals surface area contributed by atoms with Crippen molar-refractivity contribution in [2.75, 3.05) is 6.54 Å². The molecule has 1 aliphatic rings. The summed E-state index contributed by atoms with van der Waals surface area (Å²) in [5.41, 5.74) is 0.0381. The Bertz CT molecular complexity index is 508. The van der Waals surface area contributed by atoms with Crippen molar-refractivity contribution in [1.82, 2.24) is 25.1 Å². The molecule has 1 atom stereocenters. The average molecular weight is 237 g/mol. The van der Waals surface area contributed by atoms with Crippen LogP contribution in [0.4, 0.5) is 0 Å². The topological polar surface area (TPSA) is 55.1 Å². The van der Waals surface area contributed by atoms with Gasteiger partial charge in [-0.3, -0.25) is 0 Å². The van der Waals surface area contributed by atoms with E-state index in [-0.39, 0.29) is 5.54 Å². The summed E-state index contributed by atoms with van der Waals surface area (Å²) in [6, 6.07) is 0. The van der Waals surface area contributed by atoms with Crippen molar-refractivity contribution < 1.29 is 0 Å². The molecule has 5 nitrogen and oxygen atoms in total. The molecule has 3 rings (SSSR count). The zero-order valence-corrected chi connectivity index (χ0v) is 10.3. The van der Waals surface area contributed by atoms with Crippen LogP contribution in [0, 0.1) is 0 Å². The number of rotatable bonds is 2. The molecule has 0 bridgehead atoms. The third-order valence-corrected chi connectivity index (χ3v) is 4.38. The van der Waals surface area contributed by atoms with E-state index in [4.69, 9.17) is 0 Å². The van der Waals surface area contributed by atoms with Crippen LogP contribution in [-0.4, -0.2) is 26.4 Å². The highest BCUT2D eigenvalue weighted by Crippen LogP contribution is 2.32. The van der Waals surface area contributed by atoms with E-state index in [1.807, 2.05) is 4.52 Å². The van der Waals surface area contributed by atoms with Crippen molar-refractivity contribution >= 4 is 16.3 Å². The highest BCUT2D eigenvalue weighted by molar-refractivity contribution is 7.16. The fraction of sp³-hybridized carbons (Fsp3) is 0.700. The lowest BCUT2D eigenvalue weighted by molar-refractivity contribution is 0.426. The van der Waals surface area contributed by atoms with E-state index in [0.29, 0.717) is 0 Å². The van der Waals surface area contributed by atoms with Crippen LogP contribution in [0.2, 0.25) is 0 Å². The van der Waals surface area contributed by atoms with Gasteiger partial charge in [0.2, 0.25) is 4.96 Å². The maximum absolute atomic E-state index is 4.64. The summed E-state index contributed by atoms with van der Waals surface area (Å²) in [5.74, 6) is 0.944. The van der Waals surface area contributed by atoms with Gasteiger partial charge in [0, 0.05) is 6.42 Å². The fourth-order valence-corrected chi connectivity index (χ4v) is 3.19. The predicted octanol–water partition coefficient (Wildman–Crippen LogP) is 1.35. The molecule has 16 heavy (non-hydrogen) atoms. The first-order valence-electron chi connectivity index (χ1n) is 5.69. The van der Waals surface area contributed by atoms with Crippen LogP contribution in [0.25, 0.3) is 4.96 Å². The monoisotopic (exact) mass is 237 g/mol. The maximum atomic E-state index is 4.64. The van der Waals surface area contributed by atoms with Crippen molar-refractivity contribution in [3.63, 3.8) is 0 Å². The summed E-state index contributed by atoms with van der Waals surface area (Å²) in [6.07, 6.45) is 3.24. The molecule has 1 fully saturated rings. The summed E-state index contributed by atoms with van der Waals surface area (Å²) in [7, 11) is 0. The minimum absolute atomic E-state index is 0.0381. The second kappa shape index (κ2) is 3.49. The summed E-state index contributed by atoms with van der Waals surface area (Å²) in [4.78, 5) is 0.904. The van der Waals surface area contributed by atoms with Crippen LogP contribution in [0.1, 0.15) is 37.5 Å². The van der Waals surface area contributed by atoms with E-state index in [0.717, 1.165) is 35.2 Å². The minimum Gasteiger partial charge on any atom is -0.306 e. The fourth-order valence-electron chi connectivity index (χ4n) is 2.18. The summed E-state index contributed by atoms with van der Waals surface area (Å²) in [6.45, 7) is 5.37. The first-order valence-corrected chi connectivity index (χ1v) is 6.51. The molecule has 0 amide bonds. The molecule has 1 unspecified atom stereocenters. The predicted molar refractivity (Wildman–Crippen MR) is 62.6 cm³/mol. The van der Waals surface area contributed by atoms with Gasteiger partial charge in [-0.2, -0.15) is 9.61 Å². The Morgan fingerprint density at radius 3 is 3.06 bits per heavy atom. The van der Waals surface area contributed by atoms with Gasteiger partial charge in [0.25, 0.3) is 0 Å². The number of nitrogens with one attached hydrogen (secondary N) is 1. The molecule has 0 spiro atoms. The van der Waals surface area contributed by atoms with Gasteiger partial charge in [-0.25, -0.2) is 0 Å². The molecular weight excluding hydrogens is 222 g/mol. The van der Waals surface area contributed by atoms with Crippen LogP contribution in [-0.2, 0) is 12.0 Å².